The average molecular weight is 290 g/mol. The number of alkyl halides is 1. The third-order valence-electron chi connectivity index (χ3n) is 3.40. The predicted molar refractivity (Wildman–Crippen MR) is 71.8 cm³/mol. The van der Waals surface area contributed by atoms with Crippen LogP contribution in [0.5, 0.6) is 0 Å². The first-order chi connectivity index (χ1) is 7.61. The normalized spacial score (nSPS) is 19.0. The molecule has 3 heteroatoms. The van der Waals surface area contributed by atoms with Crippen molar-refractivity contribution >= 4 is 21.8 Å². The Kier molecular flexibility index (Phi) is 6.40. The first-order valence-electron chi connectivity index (χ1n) is 6.53. The van der Waals surface area contributed by atoms with Crippen LogP contribution in [0, 0.1) is 11.8 Å². The number of amides is 1. The molecule has 1 aliphatic carbocycles. The minimum absolute atomic E-state index is 0.0426. The second-order valence-corrected chi connectivity index (χ2v) is 6.22. The van der Waals surface area contributed by atoms with Crippen molar-refractivity contribution in [1.82, 2.24) is 5.32 Å². The molecular weight excluding hydrogens is 266 g/mol. The van der Waals surface area contributed by atoms with Gasteiger partial charge in [-0.15, -0.1) is 0 Å². The molecule has 1 fully saturated rings. The largest absolute Gasteiger partial charge is 0.355 e. The van der Waals surface area contributed by atoms with E-state index in [-0.39, 0.29) is 10.7 Å². The van der Waals surface area contributed by atoms with Gasteiger partial charge in [0.1, 0.15) is 0 Å². The third kappa shape index (κ3) is 4.86. The second kappa shape index (κ2) is 7.31. The molecule has 1 atom stereocenters. The Bertz CT molecular complexity index is 212. The van der Waals surface area contributed by atoms with Crippen molar-refractivity contribution in [2.75, 3.05) is 6.54 Å². The van der Waals surface area contributed by atoms with Gasteiger partial charge in [-0.3, -0.25) is 4.79 Å². The number of hydrogen-bond acceptors (Lipinski definition) is 1. The minimum Gasteiger partial charge on any atom is -0.355 e. The van der Waals surface area contributed by atoms with Gasteiger partial charge in [-0.1, -0.05) is 55.5 Å². The highest BCUT2D eigenvalue weighted by atomic mass is 79.9. The van der Waals surface area contributed by atoms with E-state index in [4.69, 9.17) is 0 Å². The average Bonchev–Trinajstić information content (AvgIpc) is 2.75. The van der Waals surface area contributed by atoms with E-state index in [2.05, 4.69) is 35.1 Å². The van der Waals surface area contributed by atoms with Crippen molar-refractivity contribution in [2.24, 2.45) is 11.8 Å². The van der Waals surface area contributed by atoms with Crippen LogP contribution in [0.15, 0.2) is 0 Å². The topological polar surface area (TPSA) is 29.1 Å². The van der Waals surface area contributed by atoms with Gasteiger partial charge in [-0.25, -0.2) is 0 Å². The molecule has 1 rings (SSSR count). The van der Waals surface area contributed by atoms with Crippen molar-refractivity contribution in [2.45, 2.75) is 57.2 Å². The lowest BCUT2D eigenvalue weighted by atomic mass is 10.0. The van der Waals surface area contributed by atoms with E-state index >= 15 is 0 Å². The Morgan fingerprint density at radius 1 is 1.38 bits per heavy atom. The highest BCUT2D eigenvalue weighted by Gasteiger charge is 2.18. The van der Waals surface area contributed by atoms with Crippen molar-refractivity contribution in [3.8, 4) is 0 Å². The summed E-state index contributed by atoms with van der Waals surface area (Å²) < 4.78 is 0. The molecule has 0 radical (unpaired) electrons. The summed E-state index contributed by atoms with van der Waals surface area (Å²) in [6.07, 6.45) is 8.05. The zero-order valence-electron chi connectivity index (χ0n) is 10.5. The molecule has 2 nitrogen and oxygen atoms in total. The Morgan fingerprint density at radius 3 is 2.56 bits per heavy atom. The van der Waals surface area contributed by atoms with Crippen LogP contribution in [0.3, 0.4) is 0 Å². The lowest BCUT2D eigenvalue weighted by Gasteiger charge is -2.14. The molecule has 1 unspecified atom stereocenters. The van der Waals surface area contributed by atoms with Crippen LogP contribution in [-0.2, 0) is 4.79 Å². The van der Waals surface area contributed by atoms with Gasteiger partial charge in [-0.05, 0) is 24.7 Å². The summed E-state index contributed by atoms with van der Waals surface area (Å²) in [5.74, 6) is 1.43. The van der Waals surface area contributed by atoms with E-state index in [9.17, 15) is 4.79 Å². The van der Waals surface area contributed by atoms with E-state index in [1.165, 1.54) is 32.1 Å². The zero-order valence-corrected chi connectivity index (χ0v) is 12.1. The maximum Gasteiger partial charge on any atom is 0.234 e. The molecule has 1 saturated carbocycles. The molecule has 0 spiro atoms. The molecule has 0 aromatic carbocycles. The highest BCUT2D eigenvalue weighted by Crippen LogP contribution is 2.28. The van der Waals surface area contributed by atoms with Crippen molar-refractivity contribution in [3.05, 3.63) is 0 Å². The minimum atomic E-state index is -0.0426. The summed E-state index contributed by atoms with van der Waals surface area (Å²) >= 11 is 3.41. The quantitative estimate of drug-likeness (QED) is 0.589. The van der Waals surface area contributed by atoms with E-state index in [1.807, 2.05) is 0 Å². The molecule has 0 aromatic rings. The zero-order chi connectivity index (χ0) is 12.0. The number of hydrogen-bond donors (Lipinski definition) is 1. The maximum absolute atomic E-state index is 11.6. The summed E-state index contributed by atoms with van der Waals surface area (Å²) in [7, 11) is 0. The second-order valence-electron chi connectivity index (χ2n) is 5.23. The monoisotopic (exact) mass is 289 g/mol. The number of halogens is 1. The Labute approximate surface area is 108 Å². The molecule has 0 aliphatic heterocycles. The van der Waals surface area contributed by atoms with Crippen molar-refractivity contribution in [1.29, 1.82) is 0 Å². The van der Waals surface area contributed by atoms with Gasteiger partial charge in [0.05, 0.1) is 4.83 Å². The third-order valence-corrected chi connectivity index (χ3v) is 4.87. The van der Waals surface area contributed by atoms with Crippen LogP contribution in [0.2, 0.25) is 0 Å². The van der Waals surface area contributed by atoms with Gasteiger partial charge >= 0.3 is 0 Å². The fourth-order valence-electron chi connectivity index (χ4n) is 2.30. The van der Waals surface area contributed by atoms with E-state index in [0.717, 1.165) is 18.9 Å². The van der Waals surface area contributed by atoms with E-state index in [0.29, 0.717) is 5.92 Å². The van der Waals surface area contributed by atoms with Crippen LogP contribution >= 0.6 is 15.9 Å². The fraction of sp³-hybridized carbons (Fsp3) is 0.923. The fourth-order valence-corrected chi connectivity index (χ4v) is 2.46. The van der Waals surface area contributed by atoms with Gasteiger partial charge < -0.3 is 5.32 Å². The number of nitrogens with one attached hydrogen (secondary N) is 1. The molecule has 0 heterocycles. The van der Waals surface area contributed by atoms with Crippen molar-refractivity contribution in [3.63, 3.8) is 0 Å². The lowest BCUT2D eigenvalue weighted by Crippen LogP contribution is -2.34. The summed E-state index contributed by atoms with van der Waals surface area (Å²) in [6.45, 7) is 4.94. The SMILES string of the molecule is CC(C)C(Br)C(=O)NCCCC1CCCC1. The van der Waals surface area contributed by atoms with Crippen LogP contribution in [0.1, 0.15) is 52.4 Å². The molecular formula is C13H24BrNO. The summed E-state index contributed by atoms with van der Waals surface area (Å²) in [4.78, 5) is 11.6. The molecule has 94 valence electrons. The smallest absolute Gasteiger partial charge is 0.234 e. The number of carbonyl (C=O) groups is 1. The first-order valence-corrected chi connectivity index (χ1v) is 7.44. The highest BCUT2D eigenvalue weighted by molar-refractivity contribution is 9.10. The van der Waals surface area contributed by atoms with Crippen LogP contribution in [0.25, 0.3) is 0 Å². The first kappa shape index (κ1) is 14.0. The Balaban J connectivity index is 2.03. The van der Waals surface area contributed by atoms with Gasteiger partial charge in [-0.2, -0.15) is 0 Å². The summed E-state index contributed by atoms with van der Waals surface area (Å²) in [6, 6.07) is 0. The molecule has 16 heavy (non-hydrogen) atoms. The molecule has 0 aromatic heterocycles. The van der Waals surface area contributed by atoms with Gasteiger partial charge in [0, 0.05) is 6.54 Å². The van der Waals surface area contributed by atoms with Crippen LogP contribution in [0.4, 0.5) is 0 Å². The Morgan fingerprint density at radius 2 is 2.00 bits per heavy atom. The summed E-state index contributed by atoms with van der Waals surface area (Å²) in [5.41, 5.74) is 0. The molecule has 1 amide bonds. The molecule has 0 saturated heterocycles. The van der Waals surface area contributed by atoms with Gasteiger partial charge in [0.25, 0.3) is 0 Å². The number of rotatable bonds is 6. The van der Waals surface area contributed by atoms with Crippen LogP contribution < -0.4 is 5.32 Å². The van der Waals surface area contributed by atoms with Crippen molar-refractivity contribution < 1.29 is 4.79 Å². The predicted octanol–water partition coefficient (Wildman–Crippen LogP) is 3.49. The van der Waals surface area contributed by atoms with Gasteiger partial charge in [0.15, 0.2) is 0 Å². The van der Waals surface area contributed by atoms with Gasteiger partial charge in [0.2, 0.25) is 5.91 Å². The lowest BCUT2D eigenvalue weighted by molar-refractivity contribution is -0.121. The summed E-state index contributed by atoms with van der Waals surface area (Å²) in [5, 5.41) is 3.00. The number of carbonyl (C=O) groups excluding carboxylic acids is 1. The van der Waals surface area contributed by atoms with E-state index in [1.54, 1.807) is 0 Å². The van der Waals surface area contributed by atoms with E-state index < -0.39 is 0 Å². The molecule has 0 bridgehead atoms. The molecule has 1 N–H and O–H groups in total. The maximum atomic E-state index is 11.6. The molecule has 1 aliphatic rings. The van der Waals surface area contributed by atoms with Crippen LogP contribution in [-0.4, -0.2) is 17.3 Å². The Hall–Kier alpha value is -0.0500. The standard InChI is InChI=1S/C13H24BrNO/c1-10(2)12(14)13(16)15-9-5-8-11-6-3-4-7-11/h10-12H,3-9H2,1-2H3,(H,15,16).